The zero-order chi connectivity index (χ0) is 13.4. The van der Waals surface area contributed by atoms with Gasteiger partial charge in [-0.3, -0.25) is 0 Å². The molecule has 18 heavy (non-hydrogen) atoms. The summed E-state index contributed by atoms with van der Waals surface area (Å²) in [4.78, 5) is 0. The van der Waals surface area contributed by atoms with Crippen molar-refractivity contribution < 1.29 is 9.47 Å². The number of ether oxygens (including phenoxy) is 2. The molecule has 0 atom stereocenters. The molecule has 0 unspecified atom stereocenters. The van der Waals surface area contributed by atoms with Crippen molar-refractivity contribution in [2.75, 3.05) is 20.8 Å². The van der Waals surface area contributed by atoms with Crippen molar-refractivity contribution in [1.82, 2.24) is 5.32 Å². The Morgan fingerprint density at radius 1 is 1.17 bits per heavy atom. The number of hydrogen-bond acceptors (Lipinski definition) is 3. The van der Waals surface area contributed by atoms with Crippen LogP contribution in [-0.4, -0.2) is 20.8 Å². The van der Waals surface area contributed by atoms with Gasteiger partial charge in [0.25, 0.3) is 0 Å². The molecule has 1 aromatic carbocycles. The molecule has 0 aliphatic carbocycles. The maximum Gasteiger partial charge on any atom is 0.165 e. The third-order valence-corrected chi connectivity index (χ3v) is 2.93. The molecule has 0 saturated heterocycles. The minimum Gasteiger partial charge on any atom is -0.493 e. The minimum atomic E-state index is 0.776. The van der Waals surface area contributed by atoms with Crippen molar-refractivity contribution in [2.45, 2.75) is 33.2 Å². The molecule has 102 valence electrons. The van der Waals surface area contributed by atoms with Crippen molar-refractivity contribution in [3.05, 3.63) is 23.8 Å². The van der Waals surface area contributed by atoms with E-state index in [1.165, 1.54) is 12.8 Å². The molecule has 1 aromatic rings. The molecule has 0 aliphatic rings. The summed E-state index contributed by atoms with van der Waals surface area (Å²) in [6, 6.07) is 5.98. The molecule has 0 amide bonds. The smallest absolute Gasteiger partial charge is 0.165 e. The number of rotatable bonds is 8. The Morgan fingerprint density at radius 2 is 1.94 bits per heavy atom. The maximum absolute atomic E-state index is 5.40. The lowest BCUT2D eigenvalue weighted by Gasteiger charge is -2.13. The van der Waals surface area contributed by atoms with Gasteiger partial charge in [0.05, 0.1) is 14.2 Å². The van der Waals surface area contributed by atoms with Gasteiger partial charge in [0.15, 0.2) is 11.5 Å². The van der Waals surface area contributed by atoms with Crippen molar-refractivity contribution in [1.29, 1.82) is 0 Å². The van der Waals surface area contributed by atoms with E-state index in [4.69, 9.17) is 9.47 Å². The number of methoxy groups -OCH3 is 2. The van der Waals surface area contributed by atoms with Crippen LogP contribution in [0.25, 0.3) is 0 Å². The third-order valence-electron chi connectivity index (χ3n) is 2.93. The molecule has 0 spiro atoms. The third kappa shape index (κ3) is 4.57. The van der Waals surface area contributed by atoms with Crippen molar-refractivity contribution >= 4 is 0 Å². The lowest BCUT2D eigenvalue weighted by Crippen LogP contribution is -2.16. The molecule has 0 saturated carbocycles. The monoisotopic (exact) mass is 251 g/mol. The first-order valence-electron chi connectivity index (χ1n) is 6.59. The summed E-state index contributed by atoms with van der Waals surface area (Å²) >= 11 is 0. The van der Waals surface area contributed by atoms with E-state index in [0.29, 0.717) is 0 Å². The van der Waals surface area contributed by atoms with E-state index in [9.17, 15) is 0 Å². The number of para-hydroxylation sites is 1. The van der Waals surface area contributed by atoms with Crippen LogP contribution in [0.5, 0.6) is 11.5 Å². The van der Waals surface area contributed by atoms with Crippen LogP contribution in [0.3, 0.4) is 0 Å². The Hall–Kier alpha value is -1.22. The lowest BCUT2D eigenvalue weighted by atomic mass is 10.1. The van der Waals surface area contributed by atoms with E-state index in [2.05, 4.69) is 25.2 Å². The molecule has 0 aliphatic heterocycles. The second-order valence-corrected chi connectivity index (χ2v) is 4.87. The zero-order valence-electron chi connectivity index (χ0n) is 12.0. The van der Waals surface area contributed by atoms with E-state index in [1.54, 1.807) is 14.2 Å². The second kappa shape index (κ2) is 7.98. The standard InChI is InChI=1S/C15H25NO2/c1-12(2)7-6-10-16-11-13-8-5-9-14(17-3)15(13)18-4/h5,8-9,12,16H,6-7,10-11H2,1-4H3. The van der Waals surface area contributed by atoms with E-state index >= 15 is 0 Å². The van der Waals surface area contributed by atoms with Gasteiger partial charge in [0.2, 0.25) is 0 Å². The Kier molecular flexibility index (Phi) is 6.58. The van der Waals surface area contributed by atoms with Gasteiger partial charge in [-0.15, -0.1) is 0 Å². The van der Waals surface area contributed by atoms with Crippen LogP contribution in [-0.2, 0) is 6.54 Å². The first kappa shape index (κ1) is 14.8. The fraction of sp³-hybridized carbons (Fsp3) is 0.600. The molecule has 1 rings (SSSR count). The summed E-state index contributed by atoms with van der Waals surface area (Å²) in [5.41, 5.74) is 1.14. The molecule has 0 bridgehead atoms. The highest BCUT2D eigenvalue weighted by Gasteiger charge is 2.08. The van der Waals surface area contributed by atoms with Gasteiger partial charge in [-0.1, -0.05) is 26.0 Å². The predicted molar refractivity (Wildman–Crippen MR) is 75.3 cm³/mol. The summed E-state index contributed by atoms with van der Waals surface area (Å²) in [6.45, 7) is 6.37. The topological polar surface area (TPSA) is 30.5 Å². The highest BCUT2D eigenvalue weighted by Crippen LogP contribution is 2.30. The minimum absolute atomic E-state index is 0.776. The fourth-order valence-corrected chi connectivity index (χ4v) is 1.95. The van der Waals surface area contributed by atoms with Gasteiger partial charge < -0.3 is 14.8 Å². The Bertz CT molecular complexity index is 350. The Morgan fingerprint density at radius 3 is 2.56 bits per heavy atom. The van der Waals surface area contributed by atoms with Crippen LogP contribution in [0.4, 0.5) is 0 Å². The van der Waals surface area contributed by atoms with Crippen LogP contribution >= 0.6 is 0 Å². The van der Waals surface area contributed by atoms with Gasteiger partial charge in [0.1, 0.15) is 0 Å². The largest absolute Gasteiger partial charge is 0.493 e. The average molecular weight is 251 g/mol. The molecule has 0 heterocycles. The normalized spacial score (nSPS) is 10.7. The number of benzene rings is 1. The molecule has 3 nitrogen and oxygen atoms in total. The fourth-order valence-electron chi connectivity index (χ4n) is 1.95. The molecule has 0 fully saturated rings. The van der Waals surface area contributed by atoms with Gasteiger partial charge in [-0.25, -0.2) is 0 Å². The Labute approximate surface area is 110 Å². The molecule has 0 radical (unpaired) electrons. The van der Waals surface area contributed by atoms with E-state index in [0.717, 1.165) is 36.1 Å². The zero-order valence-corrected chi connectivity index (χ0v) is 12.0. The number of hydrogen-bond donors (Lipinski definition) is 1. The molecule has 1 N–H and O–H groups in total. The van der Waals surface area contributed by atoms with Crippen LogP contribution in [0, 0.1) is 5.92 Å². The van der Waals surface area contributed by atoms with Crippen molar-refractivity contribution in [3.63, 3.8) is 0 Å². The van der Waals surface area contributed by atoms with Crippen molar-refractivity contribution in [3.8, 4) is 11.5 Å². The summed E-state index contributed by atoms with van der Waals surface area (Å²) < 4.78 is 10.7. The van der Waals surface area contributed by atoms with Gasteiger partial charge in [-0.05, 0) is 31.4 Å². The van der Waals surface area contributed by atoms with E-state index in [1.807, 2.05) is 12.1 Å². The van der Waals surface area contributed by atoms with E-state index < -0.39 is 0 Å². The first-order chi connectivity index (χ1) is 8.69. The Balaban J connectivity index is 2.46. The SMILES string of the molecule is COc1cccc(CNCCCC(C)C)c1OC. The summed E-state index contributed by atoms with van der Waals surface area (Å²) in [5.74, 6) is 2.40. The number of nitrogens with one attached hydrogen (secondary N) is 1. The van der Waals surface area contributed by atoms with Crippen LogP contribution in [0.15, 0.2) is 18.2 Å². The van der Waals surface area contributed by atoms with Gasteiger partial charge in [-0.2, -0.15) is 0 Å². The molecule has 0 aromatic heterocycles. The van der Waals surface area contributed by atoms with Crippen molar-refractivity contribution in [2.24, 2.45) is 5.92 Å². The highest BCUT2D eigenvalue weighted by atomic mass is 16.5. The van der Waals surface area contributed by atoms with Crippen LogP contribution < -0.4 is 14.8 Å². The van der Waals surface area contributed by atoms with Crippen LogP contribution in [0.1, 0.15) is 32.3 Å². The quantitative estimate of drug-likeness (QED) is 0.720. The van der Waals surface area contributed by atoms with Gasteiger partial charge >= 0.3 is 0 Å². The molecular weight excluding hydrogens is 226 g/mol. The molecular formula is C15H25NO2. The first-order valence-corrected chi connectivity index (χ1v) is 6.59. The maximum atomic E-state index is 5.40. The average Bonchev–Trinajstić information content (AvgIpc) is 2.37. The lowest BCUT2D eigenvalue weighted by molar-refractivity contribution is 0.350. The summed E-state index contributed by atoms with van der Waals surface area (Å²) in [7, 11) is 3.35. The predicted octanol–water partition coefficient (Wildman–Crippen LogP) is 3.23. The molecule has 3 heteroatoms. The second-order valence-electron chi connectivity index (χ2n) is 4.87. The summed E-state index contributed by atoms with van der Waals surface area (Å²) in [6.07, 6.45) is 2.48. The summed E-state index contributed by atoms with van der Waals surface area (Å²) in [5, 5.41) is 3.45. The van der Waals surface area contributed by atoms with Gasteiger partial charge in [0, 0.05) is 12.1 Å². The highest BCUT2D eigenvalue weighted by molar-refractivity contribution is 5.46. The van der Waals surface area contributed by atoms with Crippen LogP contribution in [0.2, 0.25) is 0 Å². The van der Waals surface area contributed by atoms with E-state index in [-0.39, 0.29) is 0 Å².